The Bertz CT molecular complexity index is 121. The van der Waals surface area contributed by atoms with Gasteiger partial charge >= 0.3 is 0 Å². The summed E-state index contributed by atoms with van der Waals surface area (Å²) in [7, 11) is 0. The van der Waals surface area contributed by atoms with E-state index in [0.29, 0.717) is 19.1 Å². The fourth-order valence-corrected chi connectivity index (χ4v) is 0.621. The molecule has 0 saturated heterocycles. The third-order valence-corrected chi connectivity index (χ3v) is 1.27. The Kier molecular flexibility index (Phi) is 5.66. The highest BCUT2D eigenvalue weighted by Crippen LogP contribution is 1.77. The van der Waals surface area contributed by atoms with Gasteiger partial charge in [0.15, 0.2) is 0 Å². The van der Waals surface area contributed by atoms with Crippen LogP contribution in [0.15, 0.2) is 0 Å². The van der Waals surface area contributed by atoms with Gasteiger partial charge < -0.3 is 15.7 Å². The second kappa shape index (κ2) is 5.97. The molecule has 0 heterocycles. The maximum Gasteiger partial charge on any atom is 0.234 e. The normalized spacial score (nSPS) is 13.1. The van der Waals surface area contributed by atoms with E-state index in [9.17, 15) is 4.79 Å². The predicted molar refractivity (Wildman–Crippen MR) is 47.8 cm³/mol. The second-order valence-electron chi connectivity index (χ2n) is 3.19. The molecule has 0 aromatic heterocycles. The molecule has 4 nitrogen and oxygen atoms in total. The van der Waals surface area contributed by atoms with Crippen molar-refractivity contribution in [3.8, 4) is 0 Å². The van der Waals surface area contributed by atoms with Gasteiger partial charge in [-0.15, -0.1) is 0 Å². The molecule has 0 aromatic carbocycles. The summed E-state index contributed by atoms with van der Waals surface area (Å²) in [5, 5.41) is 14.4. The first kappa shape index (κ1) is 11.4. The van der Waals surface area contributed by atoms with Crippen molar-refractivity contribution in [1.29, 1.82) is 0 Å². The molecule has 12 heavy (non-hydrogen) atoms. The van der Waals surface area contributed by atoms with Gasteiger partial charge in [0.05, 0.1) is 12.6 Å². The summed E-state index contributed by atoms with van der Waals surface area (Å²) in [6, 6.07) is 0.308. The van der Waals surface area contributed by atoms with Crippen LogP contribution in [0.4, 0.5) is 0 Å². The topological polar surface area (TPSA) is 61.4 Å². The van der Waals surface area contributed by atoms with Gasteiger partial charge in [-0.1, -0.05) is 13.8 Å². The van der Waals surface area contributed by atoms with E-state index >= 15 is 0 Å². The molecule has 0 aliphatic heterocycles. The zero-order valence-electron chi connectivity index (χ0n) is 7.92. The molecule has 0 radical (unpaired) electrons. The first-order valence-electron chi connectivity index (χ1n) is 4.20. The van der Waals surface area contributed by atoms with Gasteiger partial charge in [-0.05, 0) is 6.92 Å². The molecule has 0 spiro atoms. The number of rotatable bonds is 5. The van der Waals surface area contributed by atoms with Crippen molar-refractivity contribution in [2.75, 3.05) is 13.1 Å². The smallest absolute Gasteiger partial charge is 0.234 e. The van der Waals surface area contributed by atoms with Crippen molar-refractivity contribution < 1.29 is 9.90 Å². The summed E-state index contributed by atoms with van der Waals surface area (Å²) in [6.45, 7) is 6.21. The summed E-state index contributed by atoms with van der Waals surface area (Å²) in [5.74, 6) is -0.0791. The number of aliphatic hydroxyl groups excluding tert-OH is 1. The van der Waals surface area contributed by atoms with Crippen LogP contribution in [-0.2, 0) is 4.79 Å². The van der Waals surface area contributed by atoms with Crippen LogP contribution in [0.1, 0.15) is 20.8 Å². The van der Waals surface area contributed by atoms with E-state index in [-0.39, 0.29) is 5.91 Å². The van der Waals surface area contributed by atoms with Crippen molar-refractivity contribution in [3.05, 3.63) is 0 Å². The van der Waals surface area contributed by atoms with Gasteiger partial charge in [0.2, 0.25) is 5.91 Å². The van der Waals surface area contributed by atoms with Gasteiger partial charge in [0.25, 0.3) is 0 Å². The minimum atomic E-state index is -0.479. The highest BCUT2D eigenvalue weighted by Gasteiger charge is 2.02. The van der Waals surface area contributed by atoms with Crippen LogP contribution >= 0.6 is 0 Å². The molecule has 0 rings (SSSR count). The minimum Gasteiger partial charge on any atom is -0.392 e. The number of carbonyl (C=O) groups excluding carboxylic acids is 1. The third-order valence-electron chi connectivity index (χ3n) is 1.27. The van der Waals surface area contributed by atoms with Crippen molar-refractivity contribution in [2.45, 2.75) is 32.9 Å². The van der Waals surface area contributed by atoms with Crippen LogP contribution < -0.4 is 10.6 Å². The number of carbonyl (C=O) groups is 1. The average molecular weight is 174 g/mol. The van der Waals surface area contributed by atoms with E-state index in [2.05, 4.69) is 10.6 Å². The molecule has 0 bridgehead atoms. The zero-order chi connectivity index (χ0) is 9.56. The van der Waals surface area contributed by atoms with Crippen molar-refractivity contribution in [2.24, 2.45) is 0 Å². The molecule has 0 saturated carbocycles. The van der Waals surface area contributed by atoms with Gasteiger partial charge in [-0.3, -0.25) is 4.79 Å². The van der Waals surface area contributed by atoms with Crippen LogP contribution in [0.2, 0.25) is 0 Å². The van der Waals surface area contributed by atoms with Gasteiger partial charge in [-0.25, -0.2) is 0 Å². The molecule has 0 aliphatic carbocycles. The summed E-state index contributed by atoms with van der Waals surface area (Å²) in [4.78, 5) is 11.0. The van der Waals surface area contributed by atoms with Crippen LogP contribution in [0, 0.1) is 0 Å². The molecular weight excluding hydrogens is 156 g/mol. The molecule has 0 aliphatic rings. The second-order valence-corrected chi connectivity index (χ2v) is 3.19. The Morgan fingerprint density at radius 2 is 2.00 bits per heavy atom. The SMILES string of the molecule is CC(C)NCC(=O)NC[C@H](C)O. The van der Waals surface area contributed by atoms with E-state index < -0.39 is 6.10 Å². The van der Waals surface area contributed by atoms with E-state index in [0.717, 1.165) is 0 Å². The van der Waals surface area contributed by atoms with Crippen LogP contribution in [0.3, 0.4) is 0 Å². The maximum atomic E-state index is 11.0. The van der Waals surface area contributed by atoms with Crippen LogP contribution in [0.25, 0.3) is 0 Å². The Balaban J connectivity index is 3.34. The largest absolute Gasteiger partial charge is 0.392 e. The zero-order valence-corrected chi connectivity index (χ0v) is 7.92. The first-order chi connectivity index (χ1) is 5.52. The lowest BCUT2D eigenvalue weighted by Gasteiger charge is -2.09. The molecule has 0 fully saturated rings. The quantitative estimate of drug-likeness (QED) is 0.525. The monoisotopic (exact) mass is 174 g/mol. The van der Waals surface area contributed by atoms with E-state index in [1.165, 1.54) is 0 Å². The Hall–Kier alpha value is -0.610. The number of hydrogen-bond acceptors (Lipinski definition) is 3. The number of hydrogen-bond donors (Lipinski definition) is 3. The molecule has 0 unspecified atom stereocenters. The molecule has 72 valence electrons. The lowest BCUT2D eigenvalue weighted by Crippen LogP contribution is -2.39. The summed E-state index contributed by atoms with van der Waals surface area (Å²) < 4.78 is 0. The van der Waals surface area contributed by atoms with E-state index in [1.807, 2.05) is 13.8 Å². The van der Waals surface area contributed by atoms with Gasteiger partial charge in [0.1, 0.15) is 0 Å². The van der Waals surface area contributed by atoms with E-state index in [1.54, 1.807) is 6.92 Å². The van der Waals surface area contributed by atoms with Crippen molar-refractivity contribution in [1.82, 2.24) is 10.6 Å². The van der Waals surface area contributed by atoms with Crippen molar-refractivity contribution >= 4 is 5.91 Å². The highest BCUT2D eigenvalue weighted by atomic mass is 16.3. The fourth-order valence-electron chi connectivity index (χ4n) is 0.621. The van der Waals surface area contributed by atoms with Crippen LogP contribution in [-0.4, -0.2) is 36.2 Å². The Morgan fingerprint density at radius 1 is 1.42 bits per heavy atom. The molecule has 1 amide bonds. The first-order valence-corrected chi connectivity index (χ1v) is 4.20. The predicted octanol–water partition coefficient (Wildman–Crippen LogP) is -0.519. The summed E-state index contributed by atoms with van der Waals surface area (Å²) in [6.07, 6.45) is -0.479. The Labute approximate surface area is 73.3 Å². The summed E-state index contributed by atoms with van der Waals surface area (Å²) >= 11 is 0. The summed E-state index contributed by atoms with van der Waals surface area (Å²) in [5.41, 5.74) is 0. The molecule has 3 N–H and O–H groups in total. The van der Waals surface area contributed by atoms with E-state index in [4.69, 9.17) is 5.11 Å². The lowest BCUT2D eigenvalue weighted by molar-refractivity contribution is -0.120. The van der Waals surface area contributed by atoms with Crippen molar-refractivity contribution in [3.63, 3.8) is 0 Å². The molecule has 4 heteroatoms. The third kappa shape index (κ3) is 7.50. The van der Waals surface area contributed by atoms with Crippen LogP contribution in [0.5, 0.6) is 0 Å². The van der Waals surface area contributed by atoms with Gasteiger partial charge in [0, 0.05) is 12.6 Å². The molecule has 1 atom stereocenters. The lowest BCUT2D eigenvalue weighted by atomic mass is 10.3. The number of aliphatic hydroxyl groups is 1. The standard InChI is InChI=1S/C8H18N2O2/c1-6(2)9-5-8(12)10-4-7(3)11/h6-7,9,11H,4-5H2,1-3H3,(H,10,12)/t7-/m0/s1. The Morgan fingerprint density at radius 3 is 2.42 bits per heavy atom. The number of amides is 1. The van der Waals surface area contributed by atoms with Gasteiger partial charge in [-0.2, -0.15) is 0 Å². The fraction of sp³-hybridized carbons (Fsp3) is 0.875. The minimum absolute atomic E-state index is 0.0791. The highest BCUT2D eigenvalue weighted by molar-refractivity contribution is 5.77. The average Bonchev–Trinajstić information content (AvgIpc) is 1.96. The number of nitrogens with one attached hydrogen (secondary N) is 2. The molecular formula is C8H18N2O2. The molecule has 0 aromatic rings. The maximum absolute atomic E-state index is 11.0.